The summed E-state index contributed by atoms with van der Waals surface area (Å²) in [6.07, 6.45) is 7.85. The Hall–Kier alpha value is -1.35. The SMILES string of the molecule is CCCCCCC(NC)c1ccc2c(c1)CCC(=O)N2. The third-order valence-corrected chi connectivity index (χ3v) is 4.12. The molecule has 1 amide bonds. The van der Waals surface area contributed by atoms with Gasteiger partial charge in [-0.3, -0.25) is 4.79 Å². The predicted molar refractivity (Wildman–Crippen MR) is 84.0 cm³/mol. The molecule has 1 unspecified atom stereocenters. The Morgan fingerprint density at radius 3 is 2.85 bits per heavy atom. The van der Waals surface area contributed by atoms with E-state index < -0.39 is 0 Å². The molecule has 1 aliphatic heterocycles. The highest BCUT2D eigenvalue weighted by Crippen LogP contribution is 2.28. The minimum Gasteiger partial charge on any atom is -0.326 e. The quantitative estimate of drug-likeness (QED) is 0.742. The molecule has 1 heterocycles. The molecule has 0 spiro atoms. The van der Waals surface area contributed by atoms with Crippen LogP contribution < -0.4 is 10.6 Å². The van der Waals surface area contributed by atoms with Crippen LogP contribution >= 0.6 is 0 Å². The second kappa shape index (κ2) is 7.44. The summed E-state index contributed by atoms with van der Waals surface area (Å²) in [6.45, 7) is 2.24. The maximum Gasteiger partial charge on any atom is 0.224 e. The summed E-state index contributed by atoms with van der Waals surface area (Å²) in [4.78, 5) is 11.4. The van der Waals surface area contributed by atoms with Gasteiger partial charge in [-0.05, 0) is 37.1 Å². The van der Waals surface area contributed by atoms with Gasteiger partial charge in [-0.25, -0.2) is 0 Å². The number of benzene rings is 1. The van der Waals surface area contributed by atoms with Gasteiger partial charge < -0.3 is 10.6 Å². The Bertz CT molecular complexity index is 456. The molecule has 1 atom stereocenters. The van der Waals surface area contributed by atoms with E-state index >= 15 is 0 Å². The van der Waals surface area contributed by atoms with E-state index in [1.807, 2.05) is 7.05 Å². The van der Waals surface area contributed by atoms with E-state index in [1.54, 1.807) is 0 Å². The Balaban J connectivity index is 2.01. The molecule has 3 heteroatoms. The van der Waals surface area contributed by atoms with Crippen molar-refractivity contribution < 1.29 is 4.79 Å². The van der Waals surface area contributed by atoms with Gasteiger partial charge in [0.2, 0.25) is 5.91 Å². The molecular formula is C17H26N2O. The van der Waals surface area contributed by atoms with Crippen LogP contribution in [0.1, 0.15) is 62.6 Å². The van der Waals surface area contributed by atoms with Gasteiger partial charge in [0.05, 0.1) is 0 Å². The Labute approximate surface area is 122 Å². The van der Waals surface area contributed by atoms with Gasteiger partial charge in [-0.15, -0.1) is 0 Å². The van der Waals surface area contributed by atoms with E-state index in [4.69, 9.17) is 0 Å². The maximum absolute atomic E-state index is 11.4. The summed E-state index contributed by atoms with van der Waals surface area (Å²) in [6, 6.07) is 6.88. The van der Waals surface area contributed by atoms with E-state index in [1.165, 1.54) is 43.2 Å². The van der Waals surface area contributed by atoms with E-state index in [9.17, 15) is 4.79 Å². The number of rotatable bonds is 7. The van der Waals surface area contributed by atoms with Crippen LogP contribution in [0.5, 0.6) is 0 Å². The van der Waals surface area contributed by atoms with Gasteiger partial charge >= 0.3 is 0 Å². The number of hydrogen-bond donors (Lipinski definition) is 2. The van der Waals surface area contributed by atoms with Crippen molar-refractivity contribution in [2.24, 2.45) is 0 Å². The van der Waals surface area contributed by atoms with Crippen molar-refractivity contribution in [2.75, 3.05) is 12.4 Å². The largest absolute Gasteiger partial charge is 0.326 e. The number of nitrogens with one attached hydrogen (secondary N) is 2. The number of aryl methyl sites for hydroxylation is 1. The zero-order chi connectivity index (χ0) is 14.4. The summed E-state index contributed by atoms with van der Waals surface area (Å²) in [5.41, 5.74) is 3.61. The van der Waals surface area contributed by atoms with E-state index in [-0.39, 0.29) is 5.91 Å². The molecule has 3 nitrogen and oxygen atoms in total. The summed E-state index contributed by atoms with van der Waals surface area (Å²) in [5, 5.41) is 6.37. The highest BCUT2D eigenvalue weighted by Gasteiger charge is 2.17. The Morgan fingerprint density at radius 1 is 1.25 bits per heavy atom. The van der Waals surface area contributed by atoms with Crippen LogP contribution in [0.2, 0.25) is 0 Å². The molecule has 2 N–H and O–H groups in total. The van der Waals surface area contributed by atoms with Crippen molar-refractivity contribution in [1.29, 1.82) is 0 Å². The minimum atomic E-state index is 0.134. The zero-order valence-corrected chi connectivity index (χ0v) is 12.7. The lowest BCUT2D eigenvalue weighted by molar-refractivity contribution is -0.116. The number of anilines is 1. The van der Waals surface area contributed by atoms with Gasteiger partial charge in [0, 0.05) is 18.2 Å². The average Bonchev–Trinajstić information content (AvgIpc) is 2.47. The zero-order valence-electron chi connectivity index (χ0n) is 12.7. The number of amides is 1. The van der Waals surface area contributed by atoms with E-state index in [2.05, 4.69) is 35.8 Å². The fourth-order valence-electron chi connectivity index (χ4n) is 2.87. The standard InChI is InChI=1S/C17H26N2O/c1-3-4-5-6-7-15(18-2)13-8-10-16-14(12-13)9-11-17(20)19-16/h8,10,12,15,18H,3-7,9,11H2,1-2H3,(H,19,20). The summed E-state index contributed by atoms with van der Waals surface area (Å²) >= 11 is 0. The first-order valence-corrected chi connectivity index (χ1v) is 7.84. The minimum absolute atomic E-state index is 0.134. The molecule has 0 aliphatic carbocycles. The topological polar surface area (TPSA) is 41.1 Å². The molecule has 0 saturated carbocycles. The van der Waals surface area contributed by atoms with E-state index in [0.29, 0.717) is 12.5 Å². The molecule has 0 aromatic heterocycles. The lowest BCUT2D eigenvalue weighted by atomic mass is 9.94. The molecule has 1 aliphatic rings. The van der Waals surface area contributed by atoms with Crippen LogP contribution in [0.4, 0.5) is 5.69 Å². The normalized spacial score (nSPS) is 15.6. The number of carbonyl (C=O) groups excluding carboxylic acids is 1. The Morgan fingerprint density at radius 2 is 2.10 bits per heavy atom. The molecule has 2 rings (SSSR count). The van der Waals surface area contributed by atoms with Crippen molar-refractivity contribution >= 4 is 11.6 Å². The van der Waals surface area contributed by atoms with Crippen LogP contribution in [0.3, 0.4) is 0 Å². The summed E-state index contributed by atoms with van der Waals surface area (Å²) in [7, 11) is 2.03. The molecule has 0 saturated heterocycles. The second-order valence-electron chi connectivity index (χ2n) is 5.66. The van der Waals surface area contributed by atoms with Gasteiger partial charge in [-0.1, -0.05) is 44.7 Å². The lowest BCUT2D eigenvalue weighted by Crippen LogP contribution is -2.21. The average molecular weight is 274 g/mol. The van der Waals surface area contributed by atoms with Crippen LogP contribution in [0.25, 0.3) is 0 Å². The highest BCUT2D eigenvalue weighted by molar-refractivity contribution is 5.93. The molecular weight excluding hydrogens is 248 g/mol. The molecule has 0 bridgehead atoms. The van der Waals surface area contributed by atoms with Crippen LogP contribution in [-0.4, -0.2) is 13.0 Å². The monoisotopic (exact) mass is 274 g/mol. The lowest BCUT2D eigenvalue weighted by Gasteiger charge is -2.21. The summed E-state index contributed by atoms with van der Waals surface area (Å²) in [5.74, 6) is 0.134. The first kappa shape index (κ1) is 15.0. The van der Waals surface area contributed by atoms with Crippen molar-refractivity contribution in [3.8, 4) is 0 Å². The fraction of sp³-hybridized carbons (Fsp3) is 0.588. The van der Waals surface area contributed by atoms with Crippen molar-refractivity contribution in [2.45, 2.75) is 57.9 Å². The second-order valence-corrected chi connectivity index (χ2v) is 5.66. The van der Waals surface area contributed by atoms with Gasteiger partial charge in [0.15, 0.2) is 0 Å². The van der Waals surface area contributed by atoms with Crippen molar-refractivity contribution in [3.63, 3.8) is 0 Å². The molecule has 110 valence electrons. The first-order chi connectivity index (χ1) is 9.74. The van der Waals surface area contributed by atoms with Gasteiger partial charge in [-0.2, -0.15) is 0 Å². The van der Waals surface area contributed by atoms with Crippen LogP contribution in [0, 0.1) is 0 Å². The molecule has 1 aromatic carbocycles. The van der Waals surface area contributed by atoms with Crippen molar-refractivity contribution in [3.05, 3.63) is 29.3 Å². The van der Waals surface area contributed by atoms with Crippen molar-refractivity contribution in [1.82, 2.24) is 5.32 Å². The number of carbonyl (C=O) groups is 1. The predicted octanol–water partition coefficient (Wildman–Crippen LogP) is 3.80. The molecule has 1 aromatic rings. The Kier molecular flexibility index (Phi) is 5.60. The summed E-state index contributed by atoms with van der Waals surface area (Å²) < 4.78 is 0. The number of hydrogen-bond acceptors (Lipinski definition) is 2. The van der Waals surface area contributed by atoms with Gasteiger partial charge in [0.1, 0.15) is 0 Å². The molecule has 20 heavy (non-hydrogen) atoms. The maximum atomic E-state index is 11.4. The van der Waals surface area contributed by atoms with E-state index in [0.717, 1.165) is 12.1 Å². The highest BCUT2D eigenvalue weighted by atomic mass is 16.1. The van der Waals surface area contributed by atoms with Crippen LogP contribution in [0.15, 0.2) is 18.2 Å². The smallest absolute Gasteiger partial charge is 0.224 e. The number of unbranched alkanes of at least 4 members (excludes halogenated alkanes) is 3. The third kappa shape index (κ3) is 3.83. The van der Waals surface area contributed by atoms with Gasteiger partial charge in [0.25, 0.3) is 0 Å². The molecule has 0 radical (unpaired) electrons. The van der Waals surface area contributed by atoms with Crippen LogP contribution in [-0.2, 0) is 11.2 Å². The molecule has 0 fully saturated rings. The fourth-order valence-corrected chi connectivity index (χ4v) is 2.87. The first-order valence-electron chi connectivity index (χ1n) is 7.84. The third-order valence-electron chi connectivity index (χ3n) is 4.12. The number of fused-ring (bicyclic) bond motifs is 1.